The molecule has 18 heavy (non-hydrogen) atoms. The Morgan fingerprint density at radius 3 is 2.44 bits per heavy atom. The van der Waals surface area contributed by atoms with E-state index in [0.29, 0.717) is 19.0 Å². The van der Waals surface area contributed by atoms with Crippen molar-refractivity contribution in [1.82, 2.24) is 10.6 Å². The zero-order valence-electron chi connectivity index (χ0n) is 10.5. The Morgan fingerprint density at radius 2 is 1.94 bits per heavy atom. The third kappa shape index (κ3) is 9.78. The first-order valence-electron chi connectivity index (χ1n) is 6.10. The number of aliphatic imine (C=N–C) groups is 1. The van der Waals surface area contributed by atoms with E-state index in [4.69, 9.17) is 0 Å². The standard InChI is InChI=1S/C11H20F3N3.HI/c1-2-15-10(16-7-5-9-3-4-9)17-8-6-11(12,13)14;/h9H,2-8H2,1H3,(H2,15,16,17);1H. The number of alkyl halides is 3. The molecule has 3 nitrogen and oxygen atoms in total. The van der Waals surface area contributed by atoms with Crippen LogP contribution in [0.1, 0.15) is 32.6 Å². The molecular weight excluding hydrogens is 358 g/mol. The van der Waals surface area contributed by atoms with Gasteiger partial charge in [-0.25, -0.2) is 0 Å². The molecule has 0 atom stereocenters. The van der Waals surface area contributed by atoms with E-state index in [0.717, 1.165) is 12.3 Å². The summed E-state index contributed by atoms with van der Waals surface area (Å²) in [5.41, 5.74) is 0. The zero-order chi connectivity index (χ0) is 12.7. The lowest BCUT2D eigenvalue weighted by Gasteiger charge is -2.12. The van der Waals surface area contributed by atoms with Crippen LogP contribution in [0.2, 0.25) is 0 Å². The van der Waals surface area contributed by atoms with Crippen LogP contribution in [0.25, 0.3) is 0 Å². The Morgan fingerprint density at radius 1 is 1.28 bits per heavy atom. The highest BCUT2D eigenvalue weighted by Crippen LogP contribution is 2.32. The van der Waals surface area contributed by atoms with Crippen LogP contribution < -0.4 is 10.6 Å². The first kappa shape index (κ1) is 17.8. The number of hydrogen-bond donors (Lipinski definition) is 2. The molecule has 2 N–H and O–H groups in total. The highest BCUT2D eigenvalue weighted by molar-refractivity contribution is 14.0. The molecule has 0 bridgehead atoms. The highest BCUT2D eigenvalue weighted by Gasteiger charge is 2.26. The van der Waals surface area contributed by atoms with Gasteiger partial charge in [-0.15, -0.1) is 24.0 Å². The molecule has 1 rings (SSSR count). The lowest BCUT2D eigenvalue weighted by atomic mass is 10.3. The van der Waals surface area contributed by atoms with Crippen molar-refractivity contribution in [2.24, 2.45) is 10.9 Å². The summed E-state index contributed by atoms with van der Waals surface area (Å²) in [5, 5.41) is 5.62. The summed E-state index contributed by atoms with van der Waals surface area (Å²) in [7, 11) is 0. The summed E-state index contributed by atoms with van der Waals surface area (Å²) in [4.78, 5) is 4.24. The molecule has 0 spiro atoms. The molecule has 0 radical (unpaired) electrons. The minimum Gasteiger partial charge on any atom is -0.357 e. The average Bonchev–Trinajstić information content (AvgIpc) is 2.99. The van der Waals surface area contributed by atoms with Crippen LogP contribution in [0.15, 0.2) is 4.99 Å². The van der Waals surface area contributed by atoms with Gasteiger partial charge < -0.3 is 10.6 Å². The van der Waals surface area contributed by atoms with Crippen molar-refractivity contribution in [3.8, 4) is 0 Å². The second-order valence-corrected chi connectivity index (χ2v) is 4.28. The summed E-state index contributed by atoms with van der Waals surface area (Å²) >= 11 is 0. The predicted octanol–water partition coefficient (Wildman–Crippen LogP) is 2.91. The van der Waals surface area contributed by atoms with E-state index < -0.39 is 12.6 Å². The molecular formula is C11H21F3IN3. The van der Waals surface area contributed by atoms with Gasteiger partial charge in [-0.05, 0) is 19.3 Å². The number of guanidine groups is 1. The molecule has 1 fully saturated rings. The van der Waals surface area contributed by atoms with Crippen molar-refractivity contribution in [2.45, 2.75) is 38.8 Å². The van der Waals surface area contributed by atoms with Gasteiger partial charge in [-0.1, -0.05) is 12.8 Å². The zero-order valence-corrected chi connectivity index (χ0v) is 12.8. The van der Waals surface area contributed by atoms with Gasteiger partial charge >= 0.3 is 6.18 Å². The maximum atomic E-state index is 12.0. The lowest BCUT2D eigenvalue weighted by Crippen LogP contribution is -2.39. The molecule has 108 valence electrons. The fourth-order valence-electron chi connectivity index (χ4n) is 1.43. The minimum atomic E-state index is -4.11. The van der Waals surface area contributed by atoms with Crippen molar-refractivity contribution in [2.75, 3.05) is 19.6 Å². The molecule has 0 saturated heterocycles. The monoisotopic (exact) mass is 379 g/mol. The van der Waals surface area contributed by atoms with Gasteiger partial charge in [0.25, 0.3) is 0 Å². The molecule has 1 aliphatic rings. The fourth-order valence-corrected chi connectivity index (χ4v) is 1.43. The SMILES string of the molecule is CCNC(=NCCC1CC1)NCCC(F)(F)F.I. The highest BCUT2D eigenvalue weighted by atomic mass is 127. The second-order valence-electron chi connectivity index (χ2n) is 4.28. The Bertz CT molecular complexity index is 252. The van der Waals surface area contributed by atoms with Gasteiger partial charge in [0.05, 0.1) is 6.42 Å². The van der Waals surface area contributed by atoms with Crippen LogP contribution in [0.3, 0.4) is 0 Å². The maximum absolute atomic E-state index is 12.0. The van der Waals surface area contributed by atoms with E-state index in [1.807, 2.05) is 6.92 Å². The van der Waals surface area contributed by atoms with Crippen LogP contribution in [0.4, 0.5) is 13.2 Å². The molecule has 0 aromatic rings. The molecule has 0 aromatic carbocycles. The van der Waals surface area contributed by atoms with E-state index in [9.17, 15) is 13.2 Å². The summed E-state index contributed by atoms with van der Waals surface area (Å²) in [6, 6.07) is 0. The van der Waals surface area contributed by atoms with Crippen molar-refractivity contribution in [3.63, 3.8) is 0 Å². The smallest absolute Gasteiger partial charge is 0.357 e. The average molecular weight is 379 g/mol. The number of hydrogen-bond acceptors (Lipinski definition) is 1. The van der Waals surface area contributed by atoms with E-state index in [1.54, 1.807) is 0 Å². The van der Waals surface area contributed by atoms with E-state index in [1.165, 1.54) is 12.8 Å². The van der Waals surface area contributed by atoms with Crippen LogP contribution in [0.5, 0.6) is 0 Å². The normalized spacial score (nSPS) is 16.1. The quantitative estimate of drug-likeness (QED) is 0.423. The van der Waals surface area contributed by atoms with Gasteiger partial charge in [0.15, 0.2) is 5.96 Å². The van der Waals surface area contributed by atoms with Crippen molar-refractivity contribution >= 4 is 29.9 Å². The van der Waals surface area contributed by atoms with Gasteiger partial charge in [-0.3, -0.25) is 4.99 Å². The van der Waals surface area contributed by atoms with Crippen LogP contribution in [-0.4, -0.2) is 31.8 Å². The Hall–Kier alpha value is -0.210. The third-order valence-electron chi connectivity index (χ3n) is 2.55. The van der Waals surface area contributed by atoms with E-state index in [2.05, 4.69) is 15.6 Å². The van der Waals surface area contributed by atoms with Crippen molar-refractivity contribution in [3.05, 3.63) is 0 Å². The van der Waals surface area contributed by atoms with Gasteiger partial charge in [0.1, 0.15) is 0 Å². The van der Waals surface area contributed by atoms with Crippen LogP contribution >= 0.6 is 24.0 Å². The first-order chi connectivity index (χ1) is 8.01. The number of rotatable bonds is 6. The minimum absolute atomic E-state index is 0. The maximum Gasteiger partial charge on any atom is 0.390 e. The summed E-state index contributed by atoms with van der Waals surface area (Å²) in [6.07, 6.45) is -1.37. The van der Waals surface area contributed by atoms with Gasteiger partial charge in [-0.2, -0.15) is 13.2 Å². The third-order valence-corrected chi connectivity index (χ3v) is 2.55. The van der Waals surface area contributed by atoms with Gasteiger partial charge in [0, 0.05) is 19.6 Å². The van der Waals surface area contributed by atoms with Crippen LogP contribution in [-0.2, 0) is 0 Å². The summed E-state index contributed by atoms with van der Waals surface area (Å²) < 4.78 is 35.9. The lowest BCUT2D eigenvalue weighted by molar-refractivity contribution is -0.132. The fraction of sp³-hybridized carbons (Fsp3) is 0.909. The Balaban J connectivity index is 0.00000289. The van der Waals surface area contributed by atoms with E-state index >= 15 is 0 Å². The molecule has 1 saturated carbocycles. The topological polar surface area (TPSA) is 36.4 Å². The molecule has 7 heteroatoms. The molecule has 0 amide bonds. The Labute approximate surface area is 123 Å². The molecule has 0 aromatic heterocycles. The number of halogens is 4. The summed E-state index contributed by atoms with van der Waals surface area (Å²) in [5.74, 6) is 1.27. The Kier molecular flexibility index (Phi) is 8.71. The van der Waals surface area contributed by atoms with Crippen LogP contribution in [0, 0.1) is 5.92 Å². The van der Waals surface area contributed by atoms with E-state index in [-0.39, 0.29) is 30.5 Å². The molecule has 1 aliphatic carbocycles. The second kappa shape index (κ2) is 8.82. The van der Waals surface area contributed by atoms with Gasteiger partial charge in [0.2, 0.25) is 0 Å². The summed E-state index contributed by atoms with van der Waals surface area (Å²) in [6.45, 7) is 3.11. The largest absolute Gasteiger partial charge is 0.390 e. The number of nitrogens with one attached hydrogen (secondary N) is 2. The molecule has 0 aliphatic heterocycles. The molecule has 0 unspecified atom stereocenters. The molecule has 0 heterocycles. The number of nitrogens with zero attached hydrogens (tertiary/aromatic N) is 1. The van der Waals surface area contributed by atoms with Crippen molar-refractivity contribution in [1.29, 1.82) is 0 Å². The predicted molar refractivity (Wildman–Crippen MR) is 77.4 cm³/mol. The first-order valence-corrected chi connectivity index (χ1v) is 6.10. The van der Waals surface area contributed by atoms with Crippen molar-refractivity contribution < 1.29 is 13.2 Å².